The summed E-state index contributed by atoms with van der Waals surface area (Å²) in [5.74, 6) is 4.24. The summed E-state index contributed by atoms with van der Waals surface area (Å²) in [5, 5.41) is 4.38. The van der Waals surface area contributed by atoms with Crippen molar-refractivity contribution in [2.45, 2.75) is 6.17 Å². The molecule has 11 rings (SSSR count). The van der Waals surface area contributed by atoms with Gasteiger partial charge in [-0.15, -0.1) is 0 Å². The molecule has 188 valence electrons. The number of amidine groups is 3. The van der Waals surface area contributed by atoms with Crippen LogP contribution in [0.3, 0.4) is 0 Å². The largest absolute Gasteiger partial charge is 0.759 e. The first-order chi connectivity index (χ1) is 20.3. The average molecular weight is 541 g/mol. The third kappa shape index (κ3) is 2.35. The third-order valence-electron chi connectivity index (χ3n) is 8.93. The predicted molar refractivity (Wildman–Crippen MR) is 159 cm³/mol. The third-order valence-corrected chi connectivity index (χ3v) is 11.9. The molecule has 0 spiro atoms. The minimum atomic E-state index is -2.35. The Hall–Kier alpha value is -5.10. The van der Waals surface area contributed by atoms with Crippen molar-refractivity contribution in [3.63, 3.8) is 0 Å². The van der Waals surface area contributed by atoms with Crippen LogP contribution in [0.1, 0.15) is 28.4 Å². The lowest BCUT2D eigenvalue weighted by Gasteiger charge is -2.37. The summed E-state index contributed by atoms with van der Waals surface area (Å²) in [7, 11) is 0. The van der Waals surface area contributed by atoms with Crippen LogP contribution in [0.5, 0.6) is 0 Å². The van der Waals surface area contributed by atoms with Gasteiger partial charge in [0, 0.05) is 43.8 Å². The van der Waals surface area contributed by atoms with Gasteiger partial charge in [-0.25, -0.2) is 25.0 Å². The van der Waals surface area contributed by atoms with Crippen LogP contribution < -0.4 is 11.0 Å². The highest BCUT2D eigenvalue weighted by atomic mass is 27.2. The molecular weight excluding hydrogens is 523 g/mol. The van der Waals surface area contributed by atoms with E-state index in [1.807, 2.05) is 12.1 Å². The van der Waals surface area contributed by atoms with Gasteiger partial charge >= 0.3 is 14.8 Å². The summed E-state index contributed by atoms with van der Waals surface area (Å²) in [6.45, 7) is 0. The summed E-state index contributed by atoms with van der Waals surface area (Å²) in [4.78, 5) is 26.6. The Kier molecular flexibility index (Phi) is 3.53. The predicted octanol–water partition coefficient (Wildman–Crippen LogP) is 4.49. The van der Waals surface area contributed by atoms with E-state index in [0.29, 0.717) is 11.7 Å². The van der Waals surface area contributed by atoms with E-state index in [2.05, 4.69) is 95.9 Å². The molecule has 0 N–H and O–H groups in total. The Bertz CT molecular complexity index is 2460. The van der Waals surface area contributed by atoms with E-state index in [-0.39, 0.29) is 6.17 Å². The van der Waals surface area contributed by atoms with E-state index in [4.69, 9.17) is 25.0 Å². The van der Waals surface area contributed by atoms with E-state index in [1.54, 1.807) is 0 Å². The van der Waals surface area contributed by atoms with Crippen LogP contribution in [-0.4, -0.2) is 43.3 Å². The smallest absolute Gasteiger partial charge is 0.385 e. The lowest BCUT2D eigenvalue weighted by atomic mass is 10.1. The van der Waals surface area contributed by atoms with E-state index in [0.717, 1.165) is 66.7 Å². The number of aromatic nitrogens is 2. The number of benzene rings is 4. The minimum absolute atomic E-state index is 0.145. The molecular formula is C32H17AlN8. The van der Waals surface area contributed by atoms with Gasteiger partial charge in [0.1, 0.15) is 34.6 Å². The maximum atomic E-state index is 5.46. The molecule has 2 aromatic heterocycles. The zero-order chi connectivity index (χ0) is 26.4. The number of aliphatic imine (C=N–C) groups is 3. The van der Waals surface area contributed by atoms with Gasteiger partial charge in [0.25, 0.3) is 0 Å². The standard InChI is InChI=1S/C32H17N8.Al/c1-2-10-18-17(9-1)25-33-26(18)38-28-21-13-5-6-14-22(21)30(35-28)40-32-24-16-8-7-15-23(24)31(36-32)39-29-20-12-4-3-11-19(20)27(34-29)37-25;/h1-16,25H;/q-3;+3. The van der Waals surface area contributed by atoms with Gasteiger partial charge in [0.2, 0.25) is 0 Å². The van der Waals surface area contributed by atoms with Crippen molar-refractivity contribution in [1.82, 2.24) is 11.0 Å². The first kappa shape index (κ1) is 20.8. The molecule has 9 heteroatoms. The van der Waals surface area contributed by atoms with Crippen LogP contribution >= 0.6 is 0 Å². The molecule has 0 fully saturated rings. The van der Waals surface area contributed by atoms with Gasteiger partial charge in [0.05, 0.1) is 0 Å². The van der Waals surface area contributed by atoms with Gasteiger partial charge < -0.3 is 11.0 Å². The molecule has 1 unspecified atom stereocenters. The molecule has 0 saturated carbocycles. The van der Waals surface area contributed by atoms with Crippen molar-refractivity contribution in [3.8, 4) is 0 Å². The molecule has 4 aromatic carbocycles. The van der Waals surface area contributed by atoms with Crippen molar-refractivity contribution < 1.29 is 0 Å². The van der Waals surface area contributed by atoms with Crippen LogP contribution in [0.25, 0.3) is 21.5 Å². The highest BCUT2D eigenvalue weighted by Gasteiger charge is 2.55. The number of hydrogen-bond donors (Lipinski definition) is 0. The molecule has 0 amide bonds. The Morgan fingerprint density at radius 1 is 0.512 bits per heavy atom. The molecule has 1 atom stereocenters. The van der Waals surface area contributed by atoms with Gasteiger partial charge in [-0.3, -0.25) is 0 Å². The van der Waals surface area contributed by atoms with Gasteiger partial charge in [-0.1, -0.05) is 97.1 Å². The lowest BCUT2D eigenvalue weighted by molar-refractivity contribution is 0.445. The summed E-state index contributed by atoms with van der Waals surface area (Å²) >= 11 is -2.35. The molecule has 6 aromatic rings. The van der Waals surface area contributed by atoms with Crippen LogP contribution in [0.2, 0.25) is 0 Å². The van der Waals surface area contributed by atoms with E-state index in [9.17, 15) is 0 Å². The number of rotatable bonds is 0. The van der Waals surface area contributed by atoms with Gasteiger partial charge in [-0.2, -0.15) is 0 Å². The fourth-order valence-corrected chi connectivity index (χ4v) is 10.5. The first-order valence-corrected chi connectivity index (χ1v) is 15.3. The van der Waals surface area contributed by atoms with Crippen LogP contribution in [0, 0.1) is 0 Å². The Labute approximate surface area is 237 Å². The van der Waals surface area contributed by atoms with Crippen molar-refractivity contribution in [2.75, 3.05) is 0 Å². The molecule has 0 aliphatic carbocycles. The molecule has 8 nitrogen and oxygen atoms in total. The van der Waals surface area contributed by atoms with E-state index in [1.165, 1.54) is 5.56 Å². The second-order valence-corrected chi connectivity index (χ2v) is 13.2. The monoisotopic (exact) mass is 540 g/mol. The Morgan fingerprint density at radius 2 is 1.10 bits per heavy atom. The highest BCUT2D eigenvalue weighted by molar-refractivity contribution is 6.60. The molecule has 7 heterocycles. The SMILES string of the molecule is c1ccc2c(c1)C1=N/C2=N\c2c3ccccc3c3[n]2[Al]2[N]4C(=N3)c3ccccc3C4N=c3c4ccccc4c([n]32)=N1. The van der Waals surface area contributed by atoms with Crippen LogP contribution in [0.15, 0.2) is 122 Å². The molecule has 2 bridgehead atoms. The summed E-state index contributed by atoms with van der Waals surface area (Å²) < 4.78 is 7.30. The number of hydrogen-bond acceptors (Lipinski definition) is 6. The maximum Gasteiger partial charge on any atom is 0.759 e. The van der Waals surface area contributed by atoms with E-state index >= 15 is 0 Å². The summed E-state index contributed by atoms with van der Waals surface area (Å²) in [6.07, 6.45) is -0.145. The molecule has 0 radical (unpaired) electrons. The molecule has 5 aliphatic rings. The molecule has 0 saturated heterocycles. The summed E-state index contributed by atoms with van der Waals surface area (Å²) in [5.41, 5.74) is 6.23. The second kappa shape index (κ2) is 6.96. The fourth-order valence-electron chi connectivity index (χ4n) is 7.24. The van der Waals surface area contributed by atoms with Crippen LogP contribution in [0.4, 0.5) is 11.6 Å². The van der Waals surface area contributed by atoms with Crippen molar-refractivity contribution in [3.05, 3.63) is 130 Å². The molecule has 5 aliphatic heterocycles. The second-order valence-electron chi connectivity index (χ2n) is 10.9. The topological polar surface area (TPSA) is 74.9 Å². The Morgan fingerprint density at radius 3 is 1.85 bits per heavy atom. The fraction of sp³-hybridized carbons (Fsp3) is 0.0312. The Balaban J connectivity index is 1.42. The lowest BCUT2D eigenvalue weighted by Crippen LogP contribution is -2.62. The average Bonchev–Trinajstić information content (AvgIpc) is 3.73. The van der Waals surface area contributed by atoms with Gasteiger partial charge in [0.15, 0.2) is 11.7 Å². The quantitative estimate of drug-likeness (QED) is 0.262. The highest BCUT2D eigenvalue weighted by Crippen LogP contribution is 2.47. The maximum absolute atomic E-state index is 5.46. The van der Waals surface area contributed by atoms with Crippen molar-refractivity contribution in [1.29, 1.82) is 0 Å². The van der Waals surface area contributed by atoms with Gasteiger partial charge in [-0.05, 0) is 0 Å². The number of nitrogens with zero attached hydrogens (tertiary/aromatic N) is 8. The normalized spacial score (nSPS) is 19.5. The minimum Gasteiger partial charge on any atom is -0.385 e. The van der Waals surface area contributed by atoms with Crippen molar-refractivity contribution in [2.24, 2.45) is 25.0 Å². The van der Waals surface area contributed by atoms with Crippen molar-refractivity contribution >= 4 is 65.5 Å². The zero-order valence-corrected chi connectivity index (χ0v) is 22.6. The van der Waals surface area contributed by atoms with E-state index < -0.39 is 14.8 Å². The zero-order valence-electron chi connectivity index (χ0n) is 21.5. The number of fused-ring (bicyclic) bond motifs is 13. The van der Waals surface area contributed by atoms with Crippen LogP contribution in [-0.2, 0) is 0 Å². The molecule has 41 heavy (non-hydrogen) atoms. The summed E-state index contributed by atoms with van der Waals surface area (Å²) in [6, 6.07) is 33.9. The first-order valence-electron chi connectivity index (χ1n) is 13.8.